The van der Waals surface area contributed by atoms with E-state index in [1.54, 1.807) is 37.4 Å². The Morgan fingerprint density at radius 1 is 0.955 bits per heavy atom. The van der Waals surface area contributed by atoms with Gasteiger partial charge in [-0.15, -0.1) is 0 Å². The van der Waals surface area contributed by atoms with Gasteiger partial charge in [0.15, 0.2) is 11.5 Å². The van der Waals surface area contributed by atoms with Gasteiger partial charge in [0.1, 0.15) is 5.75 Å². The Bertz CT molecular complexity index is 614. The van der Waals surface area contributed by atoms with Crippen molar-refractivity contribution in [2.45, 2.75) is 12.5 Å². The predicted octanol–water partition coefficient (Wildman–Crippen LogP) is 3.05. The predicted molar refractivity (Wildman–Crippen MR) is 82.8 cm³/mol. The maximum absolute atomic E-state index is 9.97. The number of phenols is 2. The van der Waals surface area contributed by atoms with E-state index in [4.69, 9.17) is 14.2 Å². The molecule has 2 N–H and O–H groups in total. The summed E-state index contributed by atoms with van der Waals surface area (Å²) < 4.78 is 15.9. The van der Waals surface area contributed by atoms with E-state index in [0.29, 0.717) is 17.9 Å². The van der Waals surface area contributed by atoms with Crippen LogP contribution in [0.2, 0.25) is 0 Å². The molecule has 0 fully saturated rings. The number of hydrogen-bond acceptors (Lipinski definition) is 5. The first-order valence-corrected chi connectivity index (χ1v) is 6.84. The highest BCUT2D eigenvalue weighted by Crippen LogP contribution is 2.39. The molecule has 118 valence electrons. The van der Waals surface area contributed by atoms with Gasteiger partial charge in [0.05, 0.1) is 20.3 Å². The number of methoxy groups -OCH3 is 3. The van der Waals surface area contributed by atoms with Gasteiger partial charge in [-0.2, -0.15) is 0 Å². The van der Waals surface area contributed by atoms with E-state index in [1.807, 2.05) is 6.07 Å². The Kier molecular flexibility index (Phi) is 5.12. The zero-order valence-electron chi connectivity index (χ0n) is 12.9. The summed E-state index contributed by atoms with van der Waals surface area (Å²) in [4.78, 5) is 0. The van der Waals surface area contributed by atoms with Crippen molar-refractivity contribution in [3.8, 4) is 23.0 Å². The van der Waals surface area contributed by atoms with Gasteiger partial charge in [-0.05, 0) is 35.4 Å². The molecule has 5 nitrogen and oxygen atoms in total. The maximum Gasteiger partial charge on any atom is 0.200 e. The molecule has 1 atom stereocenters. The molecule has 22 heavy (non-hydrogen) atoms. The number of ether oxygens (including phenoxy) is 3. The number of rotatable bonds is 6. The molecular formula is C17H20O5. The van der Waals surface area contributed by atoms with E-state index in [0.717, 1.165) is 11.1 Å². The zero-order chi connectivity index (χ0) is 16.1. The average molecular weight is 304 g/mol. The summed E-state index contributed by atoms with van der Waals surface area (Å²) >= 11 is 0. The quantitative estimate of drug-likeness (QED) is 0.858. The van der Waals surface area contributed by atoms with Crippen molar-refractivity contribution in [1.29, 1.82) is 0 Å². The molecular weight excluding hydrogens is 284 g/mol. The molecule has 0 saturated heterocycles. The van der Waals surface area contributed by atoms with Gasteiger partial charge in [0.2, 0.25) is 5.75 Å². The second-order valence-electron chi connectivity index (χ2n) is 4.87. The van der Waals surface area contributed by atoms with Crippen LogP contribution in [-0.4, -0.2) is 31.5 Å². The molecule has 0 saturated carbocycles. The lowest BCUT2D eigenvalue weighted by atomic mass is 10.00. The number of aromatic hydroxyl groups is 2. The first-order chi connectivity index (χ1) is 10.6. The normalized spacial score (nSPS) is 12.0. The van der Waals surface area contributed by atoms with Crippen LogP contribution in [0.3, 0.4) is 0 Å². The summed E-state index contributed by atoms with van der Waals surface area (Å²) in [5, 5.41) is 19.5. The third kappa shape index (κ3) is 3.43. The van der Waals surface area contributed by atoms with Crippen molar-refractivity contribution >= 4 is 0 Å². The second-order valence-corrected chi connectivity index (χ2v) is 4.87. The molecule has 2 aromatic rings. The van der Waals surface area contributed by atoms with Gasteiger partial charge in [-0.25, -0.2) is 0 Å². The highest BCUT2D eigenvalue weighted by molar-refractivity contribution is 5.53. The van der Waals surface area contributed by atoms with Crippen molar-refractivity contribution in [2.75, 3.05) is 21.3 Å². The standard InChI is InChI=1S/C17H20O5/c1-20-14(8-11-5-4-6-13(18)7-11)12-9-15(21-2)17(19)16(10-12)22-3/h4-7,9-10,14,18-19H,8H2,1-3H3/t14-/m1/s1. The minimum absolute atomic E-state index is 0.0408. The summed E-state index contributed by atoms with van der Waals surface area (Å²) in [6, 6.07) is 10.5. The molecule has 2 aromatic carbocycles. The van der Waals surface area contributed by atoms with Crippen molar-refractivity contribution in [1.82, 2.24) is 0 Å². The summed E-state index contributed by atoms with van der Waals surface area (Å²) in [6.07, 6.45) is 0.312. The van der Waals surface area contributed by atoms with Gasteiger partial charge in [-0.1, -0.05) is 12.1 Å². The van der Waals surface area contributed by atoms with Gasteiger partial charge >= 0.3 is 0 Å². The molecule has 0 aliphatic carbocycles. The highest BCUT2D eigenvalue weighted by Gasteiger charge is 2.18. The van der Waals surface area contributed by atoms with Crippen LogP contribution in [0.4, 0.5) is 0 Å². The fourth-order valence-corrected chi connectivity index (χ4v) is 2.33. The third-order valence-corrected chi connectivity index (χ3v) is 3.49. The molecule has 0 aromatic heterocycles. The van der Waals surface area contributed by atoms with Crippen LogP contribution in [0.5, 0.6) is 23.0 Å². The van der Waals surface area contributed by atoms with Crippen molar-refractivity contribution in [3.05, 3.63) is 47.5 Å². The smallest absolute Gasteiger partial charge is 0.200 e. The van der Waals surface area contributed by atoms with Crippen LogP contribution in [-0.2, 0) is 11.2 Å². The average Bonchev–Trinajstić information content (AvgIpc) is 2.53. The Labute approximate surface area is 129 Å². The first kappa shape index (κ1) is 16.0. The molecule has 2 rings (SSSR count). The molecule has 0 heterocycles. The Balaban J connectivity index is 2.34. The zero-order valence-corrected chi connectivity index (χ0v) is 12.9. The van der Waals surface area contributed by atoms with Gasteiger partial charge < -0.3 is 24.4 Å². The van der Waals surface area contributed by atoms with Gasteiger partial charge in [0.25, 0.3) is 0 Å². The lowest BCUT2D eigenvalue weighted by Gasteiger charge is -2.19. The minimum Gasteiger partial charge on any atom is -0.508 e. The van der Waals surface area contributed by atoms with E-state index in [9.17, 15) is 10.2 Å². The Morgan fingerprint density at radius 2 is 1.59 bits per heavy atom. The largest absolute Gasteiger partial charge is 0.508 e. The fraction of sp³-hybridized carbons (Fsp3) is 0.294. The van der Waals surface area contributed by atoms with Gasteiger partial charge in [-0.3, -0.25) is 0 Å². The number of hydrogen-bond donors (Lipinski definition) is 2. The van der Waals surface area contributed by atoms with E-state index in [1.165, 1.54) is 14.2 Å². The van der Waals surface area contributed by atoms with Crippen LogP contribution in [0, 0.1) is 0 Å². The summed E-state index contributed by atoms with van der Waals surface area (Å²) in [7, 11) is 4.57. The van der Waals surface area contributed by atoms with E-state index >= 15 is 0 Å². The molecule has 0 amide bonds. The van der Waals surface area contributed by atoms with E-state index in [2.05, 4.69) is 0 Å². The molecule has 0 bridgehead atoms. The molecule has 0 unspecified atom stereocenters. The van der Waals surface area contributed by atoms with Crippen molar-refractivity contribution in [3.63, 3.8) is 0 Å². The summed E-state index contributed by atoms with van der Waals surface area (Å²) in [5.41, 5.74) is 1.76. The van der Waals surface area contributed by atoms with Crippen molar-refractivity contribution < 1.29 is 24.4 Å². The molecule has 0 spiro atoms. The van der Waals surface area contributed by atoms with Crippen molar-refractivity contribution in [2.24, 2.45) is 0 Å². The molecule has 5 heteroatoms. The maximum atomic E-state index is 9.97. The topological polar surface area (TPSA) is 68.2 Å². The van der Waals surface area contributed by atoms with Crippen LogP contribution in [0.25, 0.3) is 0 Å². The van der Waals surface area contributed by atoms with E-state index in [-0.39, 0.29) is 17.6 Å². The highest BCUT2D eigenvalue weighted by atomic mass is 16.5. The first-order valence-electron chi connectivity index (χ1n) is 6.84. The van der Waals surface area contributed by atoms with E-state index < -0.39 is 0 Å². The number of benzene rings is 2. The Morgan fingerprint density at radius 3 is 2.09 bits per heavy atom. The fourth-order valence-electron chi connectivity index (χ4n) is 2.33. The summed E-state index contributed by atoms with van der Waals surface area (Å²) in [5.74, 6) is 0.828. The van der Waals surface area contributed by atoms with Crippen LogP contribution in [0.1, 0.15) is 17.2 Å². The molecule has 0 aliphatic heterocycles. The monoisotopic (exact) mass is 304 g/mol. The lowest BCUT2D eigenvalue weighted by molar-refractivity contribution is 0.103. The second kappa shape index (κ2) is 7.04. The Hall–Kier alpha value is -2.40. The third-order valence-electron chi connectivity index (χ3n) is 3.49. The molecule has 0 radical (unpaired) electrons. The van der Waals surface area contributed by atoms with Crippen LogP contribution < -0.4 is 9.47 Å². The SMILES string of the molecule is COc1cc([C@@H](Cc2cccc(O)c2)OC)cc(OC)c1O. The molecule has 0 aliphatic rings. The number of phenolic OH excluding ortho intramolecular Hbond substituents is 2. The summed E-state index contributed by atoms with van der Waals surface area (Å²) in [6.45, 7) is 0. The van der Waals surface area contributed by atoms with Crippen LogP contribution >= 0.6 is 0 Å². The lowest BCUT2D eigenvalue weighted by Crippen LogP contribution is -2.06. The minimum atomic E-state index is -0.259. The van der Waals surface area contributed by atoms with Gasteiger partial charge in [0, 0.05) is 13.5 Å². The van der Waals surface area contributed by atoms with Crippen LogP contribution in [0.15, 0.2) is 36.4 Å².